The van der Waals surface area contributed by atoms with Gasteiger partial charge in [-0.1, -0.05) is 27.7 Å². The minimum atomic E-state index is -4.34. The van der Waals surface area contributed by atoms with Crippen LogP contribution in [0.3, 0.4) is 0 Å². The zero-order valence-electron chi connectivity index (χ0n) is 17.3. The Labute approximate surface area is 174 Å². The van der Waals surface area contributed by atoms with Crippen LogP contribution in [0.5, 0.6) is 0 Å². The summed E-state index contributed by atoms with van der Waals surface area (Å²) in [6.45, 7) is 7.34. The minimum Gasteiger partial charge on any atom is -0.354 e. The van der Waals surface area contributed by atoms with Gasteiger partial charge in [0.2, 0.25) is 0 Å². The van der Waals surface area contributed by atoms with Crippen LogP contribution in [0, 0.1) is 5.82 Å². The highest BCUT2D eigenvalue weighted by Crippen LogP contribution is 2.33. The summed E-state index contributed by atoms with van der Waals surface area (Å²) in [5.74, 6) is -1.20. The van der Waals surface area contributed by atoms with E-state index >= 15 is 0 Å². The van der Waals surface area contributed by atoms with E-state index in [1.54, 1.807) is 0 Å². The number of anilines is 1. The summed E-state index contributed by atoms with van der Waals surface area (Å²) in [7, 11) is -2.95. The van der Waals surface area contributed by atoms with Crippen molar-refractivity contribution in [2.75, 3.05) is 12.4 Å². The zero-order chi connectivity index (χ0) is 22.6. The van der Waals surface area contributed by atoms with Crippen molar-refractivity contribution in [3.05, 3.63) is 47.2 Å². The number of nitrogens with one attached hydrogen (secondary N) is 3. The molecule has 0 aliphatic rings. The number of benzene rings is 1. The van der Waals surface area contributed by atoms with Crippen molar-refractivity contribution in [2.24, 2.45) is 0 Å². The smallest absolute Gasteiger partial charge is 0.333 e. The minimum absolute atomic E-state index is 0.0737. The van der Waals surface area contributed by atoms with Crippen molar-refractivity contribution >= 4 is 27.6 Å². The molecule has 1 heterocycles. The fraction of sp³-hybridized carbons (Fsp3) is 0.368. The summed E-state index contributed by atoms with van der Waals surface area (Å²) < 4.78 is 40.7. The summed E-state index contributed by atoms with van der Waals surface area (Å²) in [6, 6.07) is 1.59. The summed E-state index contributed by atoms with van der Waals surface area (Å²) >= 11 is 0. The number of carbonyl (C=O) groups is 2. The molecule has 0 unspecified atom stereocenters. The fourth-order valence-electron chi connectivity index (χ4n) is 2.72. The molecule has 0 saturated heterocycles. The van der Waals surface area contributed by atoms with Gasteiger partial charge in [-0.2, -0.15) is 8.42 Å². The first-order valence-electron chi connectivity index (χ1n) is 9.17. The fourth-order valence-corrected chi connectivity index (χ4v) is 3.50. The maximum Gasteiger partial charge on any atom is 0.333 e. The van der Waals surface area contributed by atoms with Crippen molar-refractivity contribution in [1.82, 2.24) is 20.0 Å². The first kappa shape index (κ1) is 23.2. The molecule has 9 nitrogen and oxygen atoms in total. The normalized spacial score (nSPS) is 11.5. The maximum absolute atomic E-state index is 14.0. The third-order valence-electron chi connectivity index (χ3n) is 4.24. The van der Waals surface area contributed by atoms with Gasteiger partial charge in [0.1, 0.15) is 11.5 Å². The Hall–Kier alpha value is -3.08. The topological polar surface area (TPSA) is 130 Å². The highest BCUT2D eigenvalue weighted by molar-refractivity contribution is 7.90. The lowest BCUT2D eigenvalue weighted by atomic mass is 9.92. The lowest BCUT2D eigenvalue weighted by molar-refractivity contribution is 0.0957. The standard InChI is InChI=1S/C19H24FN5O4S/c1-10(2)13-6-12(20)7-14(11(3)4)17(13)24-19(27)25-30(28,29)16-9-22-15(8-23-16)18(26)21-5/h6-11H,1-5H3,(H,21,26)(H2,24,25,27). The molecule has 0 aliphatic heterocycles. The van der Waals surface area contributed by atoms with Gasteiger partial charge in [0.15, 0.2) is 5.03 Å². The van der Waals surface area contributed by atoms with Crippen LogP contribution in [-0.4, -0.2) is 37.4 Å². The Kier molecular flexibility index (Phi) is 7.08. The van der Waals surface area contributed by atoms with Crippen molar-refractivity contribution in [1.29, 1.82) is 0 Å². The molecule has 0 radical (unpaired) electrons. The first-order valence-corrected chi connectivity index (χ1v) is 10.7. The third kappa shape index (κ3) is 5.29. The highest BCUT2D eigenvalue weighted by Gasteiger charge is 2.23. The molecule has 0 bridgehead atoms. The van der Waals surface area contributed by atoms with Crippen molar-refractivity contribution in [2.45, 2.75) is 44.6 Å². The van der Waals surface area contributed by atoms with Gasteiger partial charge in [-0.15, -0.1) is 0 Å². The molecule has 0 saturated carbocycles. The molecule has 30 heavy (non-hydrogen) atoms. The van der Waals surface area contributed by atoms with Gasteiger partial charge >= 0.3 is 6.03 Å². The number of hydrogen-bond acceptors (Lipinski definition) is 6. The number of halogens is 1. The van der Waals surface area contributed by atoms with Gasteiger partial charge in [-0.05, 0) is 35.1 Å². The van der Waals surface area contributed by atoms with Crippen LogP contribution in [0.25, 0.3) is 0 Å². The van der Waals surface area contributed by atoms with Crippen LogP contribution < -0.4 is 15.4 Å². The molecule has 0 aliphatic carbocycles. The molecule has 162 valence electrons. The van der Waals surface area contributed by atoms with Gasteiger partial charge in [-0.3, -0.25) is 4.79 Å². The van der Waals surface area contributed by atoms with Crippen molar-refractivity contribution in [3.63, 3.8) is 0 Å². The zero-order valence-corrected chi connectivity index (χ0v) is 18.1. The maximum atomic E-state index is 14.0. The van der Waals surface area contributed by atoms with Gasteiger partial charge in [0, 0.05) is 12.7 Å². The Morgan fingerprint density at radius 2 is 1.57 bits per heavy atom. The Morgan fingerprint density at radius 3 is 2.00 bits per heavy atom. The Bertz CT molecular complexity index is 1020. The molecule has 1 aromatic carbocycles. The summed E-state index contributed by atoms with van der Waals surface area (Å²) in [4.78, 5) is 31.3. The van der Waals surface area contributed by atoms with E-state index in [0.29, 0.717) is 16.8 Å². The summed E-state index contributed by atoms with van der Waals surface area (Å²) in [5.41, 5.74) is 1.37. The molecule has 2 aromatic rings. The van der Waals surface area contributed by atoms with Crippen molar-refractivity contribution in [3.8, 4) is 0 Å². The van der Waals surface area contributed by atoms with E-state index in [9.17, 15) is 22.4 Å². The second-order valence-electron chi connectivity index (χ2n) is 7.15. The van der Waals surface area contributed by atoms with Crippen LogP contribution in [0.4, 0.5) is 14.9 Å². The predicted molar refractivity (Wildman–Crippen MR) is 109 cm³/mol. The second kappa shape index (κ2) is 9.16. The lowest BCUT2D eigenvalue weighted by Crippen LogP contribution is -2.35. The molecule has 11 heteroatoms. The molecule has 3 amide bonds. The number of rotatable bonds is 6. The molecule has 3 N–H and O–H groups in total. The van der Waals surface area contributed by atoms with Crippen LogP contribution in [-0.2, 0) is 10.0 Å². The monoisotopic (exact) mass is 437 g/mol. The molecular formula is C19H24FN5O4S. The van der Waals surface area contributed by atoms with Gasteiger partial charge < -0.3 is 10.6 Å². The van der Waals surface area contributed by atoms with Crippen LogP contribution in [0.2, 0.25) is 0 Å². The largest absolute Gasteiger partial charge is 0.354 e. The molecule has 0 fully saturated rings. The van der Waals surface area contributed by atoms with Gasteiger partial charge in [0.25, 0.3) is 15.9 Å². The third-order valence-corrected chi connectivity index (χ3v) is 5.45. The number of aromatic nitrogens is 2. The average molecular weight is 437 g/mol. The van der Waals surface area contributed by atoms with E-state index in [-0.39, 0.29) is 17.5 Å². The van der Waals surface area contributed by atoms with Crippen molar-refractivity contribution < 1.29 is 22.4 Å². The molecule has 0 spiro atoms. The first-order chi connectivity index (χ1) is 14.0. The number of urea groups is 1. The number of amides is 3. The number of nitrogens with zero attached hydrogens (tertiary/aromatic N) is 2. The predicted octanol–water partition coefficient (Wildman–Crippen LogP) is 2.73. The SMILES string of the molecule is CNC(=O)c1cnc(S(=O)(=O)NC(=O)Nc2c(C(C)C)cc(F)cc2C(C)C)cn1. The van der Waals surface area contributed by atoms with Crippen LogP contribution >= 0.6 is 0 Å². The van der Waals surface area contributed by atoms with Gasteiger partial charge in [0.05, 0.1) is 12.4 Å². The number of sulfonamides is 1. The second-order valence-corrected chi connectivity index (χ2v) is 8.78. The molecule has 2 rings (SSSR count). The van der Waals surface area contributed by atoms with E-state index in [1.807, 2.05) is 32.4 Å². The number of carbonyl (C=O) groups excluding carboxylic acids is 2. The molecular weight excluding hydrogens is 413 g/mol. The van der Waals surface area contributed by atoms with Crippen LogP contribution in [0.15, 0.2) is 29.6 Å². The molecule has 0 atom stereocenters. The highest BCUT2D eigenvalue weighted by atomic mass is 32.2. The van der Waals surface area contributed by atoms with E-state index in [0.717, 1.165) is 12.4 Å². The van der Waals surface area contributed by atoms with E-state index in [1.165, 1.54) is 19.2 Å². The Balaban J connectivity index is 2.30. The van der Waals surface area contributed by atoms with E-state index < -0.39 is 32.8 Å². The lowest BCUT2D eigenvalue weighted by Gasteiger charge is -2.20. The Morgan fingerprint density at radius 1 is 1.00 bits per heavy atom. The van der Waals surface area contributed by atoms with Crippen LogP contribution in [0.1, 0.15) is 61.1 Å². The average Bonchev–Trinajstić information content (AvgIpc) is 2.67. The molecule has 1 aromatic heterocycles. The van der Waals surface area contributed by atoms with E-state index in [4.69, 9.17) is 0 Å². The van der Waals surface area contributed by atoms with Gasteiger partial charge in [-0.25, -0.2) is 23.9 Å². The number of hydrogen-bond donors (Lipinski definition) is 3. The van der Waals surface area contributed by atoms with E-state index in [2.05, 4.69) is 20.6 Å². The quantitative estimate of drug-likeness (QED) is 0.637. The summed E-state index contributed by atoms with van der Waals surface area (Å²) in [5, 5.41) is 4.33. The summed E-state index contributed by atoms with van der Waals surface area (Å²) in [6.07, 6.45) is 1.86.